The molecule has 0 aliphatic carbocycles. The second-order valence-electron chi connectivity index (χ2n) is 4.40. The number of rotatable bonds is 5. The van der Waals surface area contributed by atoms with Crippen molar-refractivity contribution in [3.05, 3.63) is 58.3 Å². The van der Waals surface area contributed by atoms with Gasteiger partial charge in [-0.2, -0.15) is 0 Å². The highest BCUT2D eigenvalue weighted by Gasteiger charge is 2.09. The van der Waals surface area contributed by atoms with Gasteiger partial charge < -0.3 is 10.4 Å². The molecule has 5 nitrogen and oxygen atoms in total. The Morgan fingerprint density at radius 1 is 1.19 bits per heavy atom. The molecule has 0 atom stereocenters. The fourth-order valence-corrected chi connectivity index (χ4v) is 2.25. The first kappa shape index (κ1) is 15.2. The highest BCUT2D eigenvalue weighted by atomic mass is 79.9. The van der Waals surface area contributed by atoms with Gasteiger partial charge in [0.1, 0.15) is 0 Å². The molecule has 6 heteroatoms. The van der Waals surface area contributed by atoms with Gasteiger partial charge in [0.05, 0.1) is 11.3 Å². The number of halogens is 1. The topological polar surface area (TPSA) is 79.3 Å². The molecule has 0 aliphatic rings. The van der Waals surface area contributed by atoms with Crippen LogP contribution in [0.4, 0.5) is 5.69 Å². The van der Waals surface area contributed by atoms with E-state index in [1.165, 1.54) is 12.1 Å². The monoisotopic (exact) mass is 348 g/mol. The number of aryl methyl sites for hydroxylation is 1. The van der Waals surface area contributed by atoms with Gasteiger partial charge in [-0.1, -0.05) is 0 Å². The van der Waals surface area contributed by atoms with Gasteiger partial charge in [-0.25, -0.2) is 4.79 Å². The van der Waals surface area contributed by atoms with Crippen molar-refractivity contribution < 1.29 is 14.7 Å². The molecule has 0 radical (unpaired) electrons. The van der Waals surface area contributed by atoms with Crippen LogP contribution in [0.1, 0.15) is 22.3 Å². The summed E-state index contributed by atoms with van der Waals surface area (Å²) >= 11 is 3.25. The minimum absolute atomic E-state index is 0.129. The van der Waals surface area contributed by atoms with Gasteiger partial charge >= 0.3 is 5.97 Å². The van der Waals surface area contributed by atoms with Crippen molar-refractivity contribution >= 4 is 33.5 Å². The number of hydrogen-bond donors (Lipinski definition) is 2. The van der Waals surface area contributed by atoms with E-state index in [2.05, 4.69) is 26.2 Å². The Bertz CT molecular complexity index is 659. The van der Waals surface area contributed by atoms with Crippen molar-refractivity contribution in [1.29, 1.82) is 0 Å². The summed E-state index contributed by atoms with van der Waals surface area (Å²) in [6.45, 7) is 0. The molecule has 0 unspecified atom stereocenters. The van der Waals surface area contributed by atoms with E-state index in [0.29, 0.717) is 23.0 Å². The molecule has 2 aromatic rings. The van der Waals surface area contributed by atoms with Gasteiger partial charge in [0.2, 0.25) is 5.91 Å². The summed E-state index contributed by atoms with van der Waals surface area (Å²) in [6.07, 6.45) is 4.35. The first-order chi connectivity index (χ1) is 10.1. The average Bonchev–Trinajstić information content (AvgIpc) is 2.48. The minimum atomic E-state index is -1.01. The number of benzene rings is 1. The van der Waals surface area contributed by atoms with E-state index in [1.807, 2.05) is 12.1 Å². The van der Waals surface area contributed by atoms with Crippen molar-refractivity contribution in [2.75, 3.05) is 5.32 Å². The maximum absolute atomic E-state index is 11.9. The van der Waals surface area contributed by atoms with Crippen molar-refractivity contribution in [1.82, 2.24) is 4.98 Å². The molecule has 0 saturated carbocycles. The Labute approximate surface area is 130 Å². The number of nitrogens with zero attached hydrogens (tertiary/aromatic N) is 1. The molecule has 0 bridgehead atoms. The van der Waals surface area contributed by atoms with E-state index < -0.39 is 5.97 Å². The van der Waals surface area contributed by atoms with E-state index in [9.17, 15) is 9.59 Å². The molecule has 1 aromatic carbocycles. The largest absolute Gasteiger partial charge is 0.478 e. The van der Waals surface area contributed by atoms with Crippen LogP contribution in [0.3, 0.4) is 0 Å². The van der Waals surface area contributed by atoms with Crippen molar-refractivity contribution in [2.45, 2.75) is 12.8 Å². The quantitative estimate of drug-likeness (QED) is 0.869. The number of aromatic carboxylic acids is 1. The van der Waals surface area contributed by atoms with Gasteiger partial charge in [0.25, 0.3) is 0 Å². The lowest BCUT2D eigenvalue weighted by Gasteiger charge is -2.08. The Hall–Kier alpha value is -2.21. The zero-order valence-electron chi connectivity index (χ0n) is 11.0. The highest BCUT2D eigenvalue weighted by molar-refractivity contribution is 9.10. The molecule has 0 fully saturated rings. The summed E-state index contributed by atoms with van der Waals surface area (Å²) in [4.78, 5) is 26.6. The third-order valence-corrected chi connectivity index (χ3v) is 3.54. The predicted molar refractivity (Wildman–Crippen MR) is 82.3 cm³/mol. The van der Waals surface area contributed by atoms with Crippen LogP contribution in [0.2, 0.25) is 0 Å². The van der Waals surface area contributed by atoms with Gasteiger partial charge in [-0.3, -0.25) is 9.78 Å². The molecule has 108 valence electrons. The summed E-state index contributed by atoms with van der Waals surface area (Å²) < 4.78 is 0.541. The number of aromatic nitrogens is 1. The van der Waals surface area contributed by atoms with Crippen LogP contribution in [0, 0.1) is 0 Å². The molecular formula is C15H13BrN2O3. The summed E-state index contributed by atoms with van der Waals surface area (Å²) in [6, 6.07) is 8.21. The molecule has 1 amide bonds. The standard InChI is InChI=1S/C15H13BrN2O3/c16-12-9-11(15(20)21)2-3-13(12)18-14(19)4-1-10-5-7-17-8-6-10/h2-3,5-9H,1,4H2,(H,18,19)(H,20,21). The Morgan fingerprint density at radius 3 is 2.52 bits per heavy atom. The third kappa shape index (κ3) is 4.39. The molecule has 1 heterocycles. The van der Waals surface area contributed by atoms with Crippen molar-refractivity contribution in [3.8, 4) is 0 Å². The number of anilines is 1. The summed E-state index contributed by atoms with van der Waals surface area (Å²) in [7, 11) is 0. The van der Waals surface area contributed by atoms with Crippen LogP contribution >= 0.6 is 15.9 Å². The second-order valence-corrected chi connectivity index (χ2v) is 5.26. The zero-order valence-corrected chi connectivity index (χ0v) is 12.6. The minimum Gasteiger partial charge on any atom is -0.478 e. The molecule has 0 saturated heterocycles. The van der Waals surface area contributed by atoms with Crippen LogP contribution in [0.25, 0.3) is 0 Å². The highest BCUT2D eigenvalue weighted by Crippen LogP contribution is 2.24. The molecular weight excluding hydrogens is 336 g/mol. The maximum atomic E-state index is 11.9. The molecule has 2 N–H and O–H groups in total. The Morgan fingerprint density at radius 2 is 1.90 bits per heavy atom. The Balaban J connectivity index is 1.95. The van der Waals surface area contributed by atoms with Gasteiger partial charge in [0.15, 0.2) is 0 Å². The van der Waals surface area contributed by atoms with E-state index in [4.69, 9.17) is 5.11 Å². The number of carboxylic acid groups (broad SMARTS) is 1. The first-order valence-electron chi connectivity index (χ1n) is 6.28. The fourth-order valence-electron chi connectivity index (χ4n) is 1.77. The summed E-state index contributed by atoms with van der Waals surface area (Å²) in [5.74, 6) is -1.14. The van der Waals surface area contributed by atoms with Crippen LogP contribution < -0.4 is 5.32 Å². The summed E-state index contributed by atoms with van der Waals surface area (Å²) in [5, 5.41) is 11.6. The Kier molecular flexibility index (Phi) is 5.05. The number of carbonyl (C=O) groups is 2. The van der Waals surface area contributed by atoms with E-state index >= 15 is 0 Å². The van der Waals surface area contributed by atoms with Crippen LogP contribution in [0.5, 0.6) is 0 Å². The SMILES string of the molecule is O=C(CCc1ccncc1)Nc1ccc(C(=O)O)cc1Br. The first-order valence-corrected chi connectivity index (χ1v) is 7.07. The second kappa shape index (κ2) is 6.99. The van der Waals surface area contributed by atoms with E-state index in [1.54, 1.807) is 18.5 Å². The fraction of sp³-hybridized carbons (Fsp3) is 0.133. The number of nitrogens with one attached hydrogen (secondary N) is 1. The van der Waals surface area contributed by atoms with Crippen LogP contribution in [0.15, 0.2) is 47.2 Å². The molecule has 21 heavy (non-hydrogen) atoms. The van der Waals surface area contributed by atoms with Crippen LogP contribution in [-0.4, -0.2) is 22.0 Å². The lowest BCUT2D eigenvalue weighted by atomic mass is 10.1. The third-order valence-electron chi connectivity index (χ3n) is 2.88. The lowest BCUT2D eigenvalue weighted by molar-refractivity contribution is -0.116. The zero-order chi connectivity index (χ0) is 15.2. The van der Waals surface area contributed by atoms with Crippen LogP contribution in [-0.2, 0) is 11.2 Å². The predicted octanol–water partition coefficient (Wildman–Crippen LogP) is 3.11. The van der Waals surface area contributed by atoms with Gasteiger partial charge in [-0.05, 0) is 58.2 Å². The van der Waals surface area contributed by atoms with E-state index in [0.717, 1.165) is 5.56 Å². The van der Waals surface area contributed by atoms with E-state index in [-0.39, 0.29) is 11.5 Å². The molecule has 0 spiro atoms. The normalized spacial score (nSPS) is 10.1. The molecule has 1 aromatic heterocycles. The number of carboxylic acids is 1. The average molecular weight is 349 g/mol. The number of pyridine rings is 1. The lowest BCUT2D eigenvalue weighted by Crippen LogP contribution is -2.13. The van der Waals surface area contributed by atoms with Gasteiger partial charge in [0, 0.05) is 23.3 Å². The maximum Gasteiger partial charge on any atom is 0.335 e. The van der Waals surface area contributed by atoms with Crippen molar-refractivity contribution in [2.24, 2.45) is 0 Å². The summed E-state index contributed by atoms with van der Waals surface area (Å²) in [5.41, 5.74) is 1.76. The van der Waals surface area contributed by atoms with Gasteiger partial charge in [-0.15, -0.1) is 0 Å². The number of amides is 1. The number of hydrogen-bond acceptors (Lipinski definition) is 3. The smallest absolute Gasteiger partial charge is 0.335 e. The number of carbonyl (C=O) groups excluding carboxylic acids is 1. The molecule has 0 aliphatic heterocycles. The molecule has 2 rings (SSSR count). The van der Waals surface area contributed by atoms with Crippen molar-refractivity contribution in [3.63, 3.8) is 0 Å².